The Bertz CT molecular complexity index is 135. The Labute approximate surface area is 53.3 Å². The first kappa shape index (κ1) is 7.75. The van der Waals surface area contributed by atoms with E-state index < -0.39 is 5.97 Å². The standard InChI is InChI=1S/C6H8O3/c1-2-5-9-6(8)3-4-7/h2-5,7H,1H3/b4-3+,5-2+. The molecule has 0 radical (unpaired) electrons. The number of allylic oxidation sites excluding steroid dienone is 1. The molecule has 3 heteroatoms. The van der Waals surface area contributed by atoms with E-state index in [-0.39, 0.29) is 0 Å². The van der Waals surface area contributed by atoms with Gasteiger partial charge in [0.2, 0.25) is 0 Å². The quantitative estimate of drug-likeness (QED) is 0.344. The molecule has 0 aromatic rings. The molecule has 0 aromatic carbocycles. The van der Waals surface area contributed by atoms with Crippen LogP contribution >= 0.6 is 0 Å². The van der Waals surface area contributed by atoms with E-state index in [4.69, 9.17) is 5.11 Å². The summed E-state index contributed by atoms with van der Waals surface area (Å²) in [5.41, 5.74) is 0. The van der Waals surface area contributed by atoms with Crippen LogP contribution in [0, 0.1) is 0 Å². The lowest BCUT2D eigenvalue weighted by molar-refractivity contribution is -0.132. The molecule has 0 bridgehead atoms. The predicted octanol–water partition coefficient (Wildman–Crippen LogP) is 1.13. The number of ether oxygens (including phenoxy) is 1. The molecule has 0 amide bonds. The van der Waals surface area contributed by atoms with Gasteiger partial charge in [0.25, 0.3) is 0 Å². The SMILES string of the molecule is C/C=C/OC(=O)/C=C/O. The van der Waals surface area contributed by atoms with E-state index >= 15 is 0 Å². The highest BCUT2D eigenvalue weighted by molar-refractivity contribution is 5.81. The van der Waals surface area contributed by atoms with Crippen molar-refractivity contribution in [3.05, 3.63) is 24.7 Å². The van der Waals surface area contributed by atoms with Crippen LogP contribution in [0.3, 0.4) is 0 Å². The zero-order valence-electron chi connectivity index (χ0n) is 5.07. The number of rotatable bonds is 2. The first-order chi connectivity index (χ1) is 4.31. The molecule has 0 aliphatic rings. The third-order valence-corrected chi connectivity index (χ3v) is 0.531. The maximum atomic E-state index is 10.3. The molecule has 0 spiro atoms. The van der Waals surface area contributed by atoms with Crippen molar-refractivity contribution in [1.82, 2.24) is 0 Å². The van der Waals surface area contributed by atoms with Gasteiger partial charge in [0.15, 0.2) is 0 Å². The lowest BCUT2D eigenvalue weighted by atomic mass is 10.6. The highest BCUT2D eigenvalue weighted by Gasteiger charge is 1.88. The van der Waals surface area contributed by atoms with Crippen molar-refractivity contribution in [3.8, 4) is 0 Å². The maximum absolute atomic E-state index is 10.3. The average Bonchev–Trinajstić information content (AvgIpc) is 1.85. The summed E-state index contributed by atoms with van der Waals surface area (Å²) in [5, 5.41) is 8.03. The summed E-state index contributed by atoms with van der Waals surface area (Å²) in [6, 6.07) is 0. The molecule has 0 unspecified atom stereocenters. The summed E-state index contributed by atoms with van der Waals surface area (Å²) in [7, 11) is 0. The Hall–Kier alpha value is -1.25. The summed E-state index contributed by atoms with van der Waals surface area (Å²) in [6.07, 6.45) is 4.36. The van der Waals surface area contributed by atoms with Crippen LogP contribution in [0.1, 0.15) is 6.92 Å². The molecule has 3 nitrogen and oxygen atoms in total. The molecule has 0 aliphatic heterocycles. The second-order valence-corrected chi connectivity index (χ2v) is 1.22. The number of hydrogen-bond donors (Lipinski definition) is 1. The Balaban J connectivity index is 3.51. The van der Waals surface area contributed by atoms with Gasteiger partial charge in [-0.25, -0.2) is 4.79 Å². The van der Waals surface area contributed by atoms with Gasteiger partial charge in [-0.05, 0) is 6.92 Å². The number of hydrogen-bond acceptors (Lipinski definition) is 3. The van der Waals surface area contributed by atoms with Crippen LogP contribution in [0.4, 0.5) is 0 Å². The lowest BCUT2D eigenvalue weighted by Crippen LogP contribution is -1.92. The van der Waals surface area contributed by atoms with E-state index in [9.17, 15) is 4.79 Å². The fourth-order valence-corrected chi connectivity index (χ4v) is 0.235. The zero-order valence-corrected chi connectivity index (χ0v) is 5.07. The molecule has 0 saturated heterocycles. The van der Waals surface area contributed by atoms with Gasteiger partial charge in [-0.15, -0.1) is 0 Å². The third-order valence-electron chi connectivity index (χ3n) is 0.531. The van der Waals surface area contributed by atoms with Gasteiger partial charge < -0.3 is 9.84 Å². The van der Waals surface area contributed by atoms with E-state index in [0.717, 1.165) is 6.08 Å². The number of carbonyl (C=O) groups excluding carboxylic acids is 1. The number of aliphatic hydroxyl groups is 1. The Morgan fingerprint density at radius 3 is 2.78 bits per heavy atom. The molecule has 0 heterocycles. The van der Waals surface area contributed by atoms with Gasteiger partial charge in [-0.3, -0.25) is 0 Å². The highest BCUT2D eigenvalue weighted by atomic mass is 16.5. The third kappa shape index (κ3) is 4.61. The van der Waals surface area contributed by atoms with Crippen molar-refractivity contribution in [2.45, 2.75) is 6.92 Å². The molecule has 0 atom stereocenters. The van der Waals surface area contributed by atoms with Crippen molar-refractivity contribution >= 4 is 5.97 Å². The van der Waals surface area contributed by atoms with Crippen LogP contribution < -0.4 is 0 Å². The van der Waals surface area contributed by atoms with E-state index in [0.29, 0.717) is 6.26 Å². The van der Waals surface area contributed by atoms with E-state index in [1.165, 1.54) is 6.26 Å². The molecule has 50 valence electrons. The largest absolute Gasteiger partial charge is 0.515 e. The van der Waals surface area contributed by atoms with Crippen molar-refractivity contribution < 1.29 is 14.6 Å². The Kier molecular flexibility index (Phi) is 4.22. The summed E-state index contributed by atoms with van der Waals surface area (Å²) < 4.78 is 4.37. The lowest BCUT2D eigenvalue weighted by Gasteiger charge is -1.87. The molecule has 0 fully saturated rings. The van der Waals surface area contributed by atoms with Crippen molar-refractivity contribution in [3.63, 3.8) is 0 Å². The van der Waals surface area contributed by atoms with Gasteiger partial charge in [0.1, 0.15) is 0 Å². The summed E-state index contributed by atoms with van der Waals surface area (Å²) in [4.78, 5) is 10.3. The monoisotopic (exact) mass is 128 g/mol. The number of aliphatic hydroxyl groups excluding tert-OH is 1. The predicted molar refractivity (Wildman–Crippen MR) is 32.7 cm³/mol. The van der Waals surface area contributed by atoms with Crippen molar-refractivity contribution in [2.75, 3.05) is 0 Å². The van der Waals surface area contributed by atoms with Crippen LogP contribution in [0.15, 0.2) is 24.7 Å². The molecule has 0 aliphatic carbocycles. The fourth-order valence-electron chi connectivity index (χ4n) is 0.235. The minimum absolute atomic E-state index is 0.587. The first-order valence-electron chi connectivity index (χ1n) is 2.43. The van der Waals surface area contributed by atoms with Crippen molar-refractivity contribution in [2.24, 2.45) is 0 Å². The fraction of sp³-hybridized carbons (Fsp3) is 0.167. The molecule has 0 aromatic heterocycles. The highest BCUT2D eigenvalue weighted by Crippen LogP contribution is 1.80. The van der Waals surface area contributed by atoms with Crippen LogP contribution in [-0.4, -0.2) is 11.1 Å². The smallest absolute Gasteiger partial charge is 0.338 e. The summed E-state index contributed by atoms with van der Waals surface area (Å²) in [6.45, 7) is 1.72. The molecule has 1 N–H and O–H groups in total. The average molecular weight is 128 g/mol. The Morgan fingerprint density at radius 1 is 1.67 bits per heavy atom. The summed E-state index contributed by atoms with van der Waals surface area (Å²) >= 11 is 0. The second kappa shape index (κ2) is 4.90. The van der Waals surface area contributed by atoms with Crippen LogP contribution in [0.25, 0.3) is 0 Å². The van der Waals surface area contributed by atoms with Gasteiger partial charge in [-0.1, -0.05) is 6.08 Å². The van der Waals surface area contributed by atoms with E-state index in [1.807, 2.05) is 0 Å². The first-order valence-corrected chi connectivity index (χ1v) is 2.43. The van der Waals surface area contributed by atoms with Gasteiger partial charge in [-0.2, -0.15) is 0 Å². The molecular formula is C6H8O3. The van der Waals surface area contributed by atoms with Crippen molar-refractivity contribution in [1.29, 1.82) is 0 Å². The van der Waals surface area contributed by atoms with Crippen LogP contribution in [-0.2, 0) is 9.53 Å². The van der Waals surface area contributed by atoms with Crippen LogP contribution in [0.5, 0.6) is 0 Å². The number of esters is 1. The molecular weight excluding hydrogens is 120 g/mol. The Morgan fingerprint density at radius 2 is 2.33 bits per heavy atom. The number of carbonyl (C=O) groups is 1. The summed E-state index contributed by atoms with van der Waals surface area (Å²) in [5.74, 6) is -0.587. The topological polar surface area (TPSA) is 46.5 Å². The minimum atomic E-state index is -0.587. The molecule has 0 rings (SSSR count). The second-order valence-electron chi connectivity index (χ2n) is 1.22. The molecule has 0 saturated carbocycles. The zero-order chi connectivity index (χ0) is 7.11. The van der Waals surface area contributed by atoms with E-state index in [2.05, 4.69) is 4.74 Å². The van der Waals surface area contributed by atoms with Gasteiger partial charge >= 0.3 is 5.97 Å². The van der Waals surface area contributed by atoms with E-state index in [1.54, 1.807) is 13.0 Å². The normalized spacial score (nSPS) is 10.8. The minimum Gasteiger partial charge on any atom is -0.515 e. The maximum Gasteiger partial charge on any atom is 0.338 e. The van der Waals surface area contributed by atoms with Gasteiger partial charge in [0.05, 0.1) is 18.6 Å². The van der Waals surface area contributed by atoms with Gasteiger partial charge in [0, 0.05) is 0 Å². The molecule has 9 heavy (non-hydrogen) atoms. The van der Waals surface area contributed by atoms with Crippen LogP contribution in [0.2, 0.25) is 0 Å².